The lowest BCUT2D eigenvalue weighted by Crippen LogP contribution is -2.29. The van der Waals surface area contributed by atoms with Crippen LogP contribution in [-0.4, -0.2) is 35.1 Å². The van der Waals surface area contributed by atoms with E-state index in [0.717, 1.165) is 10.8 Å². The number of ether oxygens (including phenoxy) is 2. The molecule has 0 saturated carbocycles. The Morgan fingerprint density at radius 3 is 2.32 bits per heavy atom. The summed E-state index contributed by atoms with van der Waals surface area (Å²) >= 11 is 0. The molecule has 0 aromatic heterocycles. The van der Waals surface area contributed by atoms with E-state index in [1.807, 2.05) is 37.3 Å². The molecule has 1 unspecified atom stereocenters. The molecule has 1 amide bonds. The van der Waals surface area contributed by atoms with Gasteiger partial charge in [0.05, 0.1) is 24.8 Å². The Morgan fingerprint density at radius 2 is 1.58 bits per heavy atom. The first-order valence-corrected chi connectivity index (χ1v) is 12.4. The van der Waals surface area contributed by atoms with Crippen LogP contribution < -0.4 is 14.4 Å². The van der Waals surface area contributed by atoms with Crippen molar-refractivity contribution >= 4 is 33.9 Å². The number of ketones is 1. The Morgan fingerprint density at radius 1 is 0.868 bits per heavy atom. The summed E-state index contributed by atoms with van der Waals surface area (Å²) in [5, 5.41) is 23.6. The fourth-order valence-corrected chi connectivity index (χ4v) is 4.83. The Labute approximate surface area is 220 Å². The third-order valence-corrected chi connectivity index (χ3v) is 6.51. The van der Waals surface area contributed by atoms with Crippen molar-refractivity contribution in [3.05, 3.63) is 102 Å². The van der Waals surface area contributed by atoms with Gasteiger partial charge in [-0.2, -0.15) is 0 Å². The largest absolute Gasteiger partial charge is 0.507 e. The summed E-state index contributed by atoms with van der Waals surface area (Å²) in [5.41, 5.74) is 1.36. The zero-order valence-electron chi connectivity index (χ0n) is 21.0. The maximum Gasteiger partial charge on any atom is 0.300 e. The fraction of sp³-hybridized carbons (Fsp3) is 0.161. The molecule has 0 bridgehead atoms. The lowest BCUT2D eigenvalue weighted by molar-refractivity contribution is -0.132. The van der Waals surface area contributed by atoms with Gasteiger partial charge >= 0.3 is 0 Å². The van der Waals surface area contributed by atoms with E-state index >= 15 is 0 Å². The zero-order valence-corrected chi connectivity index (χ0v) is 21.0. The minimum Gasteiger partial charge on any atom is -0.507 e. The number of carbonyl (C=O) groups excluding carboxylic acids is 2. The maximum atomic E-state index is 13.6. The minimum atomic E-state index is -0.966. The molecular weight excluding hydrogens is 482 g/mol. The van der Waals surface area contributed by atoms with Gasteiger partial charge in [0.2, 0.25) is 0 Å². The number of anilines is 1. The van der Waals surface area contributed by atoms with Crippen molar-refractivity contribution < 1.29 is 29.3 Å². The molecule has 2 N–H and O–H groups in total. The number of hydrogen-bond acceptors (Lipinski definition) is 6. The second kappa shape index (κ2) is 10.3. The summed E-state index contributed by atoms with van der Waals surface area (Å²) in [6.45, 7) is 4.47. The molecule has 7 heteroatoms. The van der Waals surface area contributed by atoms with Gasteiger partial charge < -0.3 is 19.7 Å². The van der Waals surface area contributed by atoms with Crippen molar-refractivity contribution in [1.82, 2.24) is 0 Å². The summed E-state index contributed by atoms with van der Waals surface area (Å²) in [4.78, 5) is 28.4. The number of Topliss-reactive ketones (excluding diaryl/α,β-unsaturated/α-hetero) is 1. The number of hydrogen-bond donors (Lipinski definition) is 2. The second-order valence-corrected chi connectivity index (χ2v) is 8.78. The van der Waals surface area contributed by atoms with E-state index in [2.05, 4.69) is 0 Å². The zero-order chi connectivity index (χ0) is 26.8. The van der Waals surface area contributed by atoms with Crippen LogP contribution in [0.2, 0.25) is 0 Å². The molecule has 0 radical (unpaired) electrons. The molecular formula is C31H27NO6. The van der Waals surface area contributed by atoms with Crippen molar-refractivity contribution in [2.24, 2.45) is 0 Å². The number of rotatable bonds is 7. The Hall–Kier alpha value is -4.78. The molecule has 0 aliphatic carbocycles. The molecule has 38 heavy (non-hydrogen) atoms. The number of nitrogens with zero attached hydrogens (tertiary/aromatic N) is 1. The van der Waals surface area contributed by atoms with Gasteiger partial charge in [0, 0.05) is 11.3 Å². The average Bonchev–Trinajstić information content (AvgIpc) is 3.20. The van der Waals surface area contributed by atoms with Crippen LogP contribution in [-0.2, 0) is 9.59 Å². The van der Waals surface area contributed by atoms with Crippen molar-refractivity contribution in [2.75, 3.05) is 18.1 Å². The van der Waals surface area contributed by atoms with Gasteiger partial charge in [-0.3, -0.25) is 14.5 Å². The second-order valence-electron chi connectivity index (χ2n) is 8.78. The van der Waals surface area contributed by atoms with Crippen LogP contribution in [0.25, 0.3) is 16.5 Å². The number of phenolic OH excluding ortho intramolecular Hbond substituents is 1. The van der Waals surface area contributed by atoms with Crippen LogP contribution >= 0.6 is 0 Å². The van der Waals surface area contributed by atoms with E-state index in [9.17, 15) is 19.8 Å². The number of aliphatic hydroxyl groups is 1. The fourth-order valence-electron chi connectivity index (χ4n) is 4.83. The van der Waals surface area contributed by atoms with Crippen LogP contribution in [0.1, 0.15) is 31.0 Å². The topological polar surface area (TPSA) is 96.3 Å². The van der Waals surface area contributed by atoms with E-state index < -0.39 is 17.7 Å². The van der Waals surface area contributed by atoms with Crippen LogP contribution in [0.15, 0.2) is 90.5 Å². The summed E-state index contributed by atoms with van der Waals surface area (Å²) in [7, 11) is 0. The molecule has 1 saturated heterocycles. The number of phenols is 1. The smallest absolute Gasteiger partial charge is 0.300 e. The van der Waals surface area contributed by atoms with Crippen LogP contribution in [0, 0.1) is 0 Å². The summed E-state index contributed by atoms with van der Waals surface area (Å²) in [6.07, 6.45) is 0. The Balaban J connectivity index is 1.74. The third kappa shape index (κ3) is 4.32. The first-order chi connectivity index (χ1) is 18.4. The quantitative estimate of drug-likeness (QED) is 0.181. The summed E-state index contributed by atoms with van der Waals surface area (Å²) < 4.78 is 11.1. The van der Waals surface area contributed by atoms with Crippen molar-refractivity contribution in [3.8, 4) is 17.2 Å². The molecule has 4 aromatic rings. The lowest BCUT2D eigenvalue weighted by Gasteiger charge is -2.26. The van der Waals surface area contributed by atoms with Gasteiger partial charge in [0.25, 0.3) is 11.7 Å². The van der Waals surface area contributed by atoms with Gasteiger partial charge in [-0.15, -0.1) is 0 Å². The van der Waals surface area contributed by atoms with E-state index in [1.165, 1.54) is 11.0 Å². The van der Waals surface area contributed by atoms with E-state index in [4.69, 9.17) is 9.47 Å². The first-order valence-electron chi connectivity index (χ1n) is 12.4. The first kappa shape index (κ1) is 24.9. The molecule has 1 heterocycles. The van der Waals surface area contributed by atoms with Gasteiger partial charge in [-0.05, 0) is 66.6 Å². The van der Waals surface area contributed by atoms with Crippen LogP contribution in [0.3, 0.4) is 0 Å². The number of benzene rings is 4. The molecule has 4 aromatic carbocycles. The van der Waals surface area contributed by atoms with E-state index in [0.29, 0.717) is 35.8 Å². The lowest BCUT2D eigenvalue weighted by atomic mass is 9.93. The highest BCUT2D eigenvalue weighted by atomic mass is 16.5. The third-order valence-electron chi connectivity index (χ3n) is 6.51. The van der Waals surface area contributed by atoms with E-state index in [-0.39, 0.29) is 22.8 Å². The summed E-state index contributed by atoms with van der Waals surface area (Å²) in [6, 6.07) is 23.5. The molecule has 192 valence electrons. The molecule has 1 atom stereocenters. The highest BCUT2D eigenvalue weighted by Gasteiger charge is 2.47. The van der Waals surface area contributed by atoms with E-state index in [1.54, 1.807) is 55.5 Å². The van der Waals surface area contributed by atoms with Crippen LogP contribution in [0.5, 0.6) is 17.2 Å². The Bertz CT molecular complexity index is 1550. The SMILES string of the molecule is CCOc1ccc(N2C(=O)C(=O)/C(=C(/O)c3cccc4ccccc34)C2c2ccc(O)c(OCC)c2)cc1. The number of amides is 1. The Kier molecular flexibility index (Phi) is 6.75. The number of aliphatic hydroxyl groups excluding tert-OH is 1. The molecule has 7 nitrogen and oxygen atoms in total. The number of fused-ring (bicyclic) bond motifs is 1. The molecule has 0 spiro atoms. The monoisotopic (exact) mass is 509 g/mol. The van der Waals surface area contributed by atoms with Gasteiger partial charge in [-0.1, -0.05) is 48.5 Å². The van der Waals surface area contributed by atoms with Gasteiger partial charge in [0.15, 0.2) is 11.5 Å². The highest BCUT2D eigenvalue weighted by Crippen LogP contribution is 2.44. The highest BCUT2D eigenvalue weighted by molar-refractivity contribution is 6.51. The molecule has 1 fully saturated rings. The van der Waals surface area contributed by atoms with Gasteiger partial charge in [-0.25, -0.2) is 0 Å². The van der Waals surface area contributed by atoms with Gasteiger partial charge in [0.1, 0.15) is 11.5 Å². The molecule has 1 aliphatic rings. The molecule has 5 rings (SSSR count). The van der Waals surface area contributed by atoms with Crippen molar-refractivity contribution in [2.45, 2.75) is 19.9 Å². The predicted octanol–water partition coefficient (Wildman–Crippen LogP) is 5.97. The normalized spacial score (nSPS) is 16.7. The molecule has 1 aliphatic heterocycles. The summed E-state index contributed by atoms with van der Waals surface area (Å²) in [5.74, 6) is -1.07. The van der Waals surface area contributed by atoms with Crippen molar-refractivity contribution in [3.63, 3.8) is 0 Å². The van der Waals surface area contributed by atoms with Crippen LogP contribution in [0.4, 0.5) is 5.69 Å². The number of carbonyl (C=O) groups is 2. The average molecular weight is 510 g/mol. The predicted molar refractivity (Wildman–Crippen MR) is 146 cm³/mol. The minimum absolute atomic E-state index is 0.0478. The van der Waals surface area contributed by atoms with Crippen molar-refractivity contribution in [1.29, 1.82) is 0 Å². The maximum absolute atomic E-state index is 13.6. The standard InChI is InChI=1S/C31H27NO6/c1-3-37-22-15-13-21(14-16-22)32-28(20-12-17-25(33)26(18-20)38-4-2)27(30(35)31(32)36)29(34)24-11-7-9-19-8-5-6-10-23(19)24/h5-18,28,33-34H,3-4H2,1-2H3/b29-27+. The number of aromatic hydroxyl groups is 1.